The predicted molar refractivity (Wildman–Crippen MR) is 110 cm³/mol. The second kappa shape index (κ2) is 16.1. The number of esters is 1. The molecule has 0 aliphatic heterocycles. The topological polar surface area (TPSA) is 163 Å². The number of quaternary nitrogens is 1. The highest BCUT2D eigenvalue weighted by molar-refractivity contribution is 7.45. The lowest BCUT2D eigenvalue weighted by Crippen LogP contribution is -2.51. The molecule has 1 atom stereocenters. The largest absolute Gasteiger partial charge is 0.756 e. The Labute approximate surface area is 179 Å². The summed E-state index contributed by atoms with van der Waals surface area (Å²) in [6, 6.07) is 0. The quantitative estimate of drug-likeness (QED) is 0.104. The Bertz CT molecular complexity index is 568. The second-order valence-corrected chi connectivity index (χ2v) is 9.22. The van der Waals surface area contributed by atoms with Crippen LogP contribution >= 0.6 is 15.6 Å². The summed E-state index contributed by atoms with van der Waals surface area (Å²) in [7, 11) is -9.03. The van der Waals surface area contributed by atoms with Gasteiger partial charge in [0.1, 0.15) is 19.8 Å². The molecule has 0 saturated carbocycles. The third-order valence-electron chi connectivity index (χ3n) is 3.82. The van der Waals surface area contributed by atoms with Gasteiger partial charge >= 0.3 is 13.8 Å². The smallest absolute Gasteiger partial charge is 0.466 e. The molecule has 0 aromatic heterocycles. The first-order valence-corrected chi connectivity index (χ1v) is 12.8. The molecule has 0 aliphatic rings. The highest BCUT2D eigenvalue weighted by atomic mass is 31.2. The fourth-order valence-corrected chi connectivity index (χ4v) is 3.56. The monoisotopic (exact) mass is 477 g/mol. The van der Waals surface area contributed by atoms with Crippen LogP contribution in [0.15, 0.2) is 12.2 Å². The van der Waals surface area contributed by atoms with Gasteiger partial charge < -0.3 is 37.8 Å². The number of carbonyl (C=O) groups is 1. The molecule has 0 rings (SSSR count). The van der Waals surface area contributed by atoms with Crippen molar-refractivity contribution in [2.24, 2.45) is 0 Å². The average Bonchev–Trinajstić information content (AvgIpc) is 2.57. The molecule has 0 spiro atoms. The summed E-state index contributed by atoms with van der Waals surface area (Å²) in [6.45, 7) is 14.7. The summed E-state index contributed by atoms with van der Waals surface area (Å²) in [5.41, 5.74) is 0.249. The Hall–Kier alpha value is -0.610. The van der Waals surface area contributed by atoms with Gasteiger partial charge in [0, 0.05) is 5.57 Å². The highest BCUT2D eigenvalue weighted by Crippen LogP contribution is 2.38. The number of rotatable bonds is 15. The minimum atomic E-state index is -4.64. The molecular formula is C17H37NO10P2. The van der Waals surface area contributed by atoms with Crippen molar-refractivity contribution in [3.8, 4) is 0 Å². The van der Waals surface area contributed by atoms with Crippen molar-refractivity contribution >= 4 is 21.6 Å². The molecule has 0 aromatic rings. The maximum Gasteiger partial charge on any atom is 0.466 e. The van der Waals surface area contributed by atoms with Crippen molar-refractivity contribution in [2.75, 3.05) is 46.0 Å². The molecule has 180 valence electrons. The van der Waals surface area contributed by atoms with Crippen LogP contribution in [0.3, 0.4) is 0 Å². The van der Waals surface area contributed by atoms with Gasteiger partial charge in [0.15, 0.2) is 0 Å². The molecule has 1 unspecified atom stereocenters. The van der Waals surface area contributed by atoms with Crippen molar-refractivity contribution in [1.82, 2.24) is 0 Å². The third kappa shape index (κ3) is 19.4. The number of carbonyl (C=O) groups excluding carboxylic acids is 1. The summed E-state index contributed by atoms with van der Waals surface area (Å²) in [5, 5.41) is 0. The third-order valence-corrected chi connectivity index (χ3v) is 4.82. The summed E-state index contributed by atoms with van der Waals surface area (Å²) < 4.78 is 36.0. The lowest BCUT2D eigenvalue weighted by Gasteiger charge is -2.39. The zero-order valence-electron chi connectivity index (χ0n) is 18.3. The molecule has 0 bridgehead atoms. The number of ether oxygens (including phenoxy) is 1. The summed E-state index contributed by atoms with van der Waals surface area (Å²) in [6.07, 6.45) is 3.12. The standard InChI is InChI=1S/C17H34NO6P.H3O4P/c1-6-9-18(10-7-2,11-8-3)12-13-23-25(20,21)24-15-14-22-17(19)16(4)5;1-5(2,3)4/h4,6-15H2,1-3,5H3;(H3,1,2,3,4). The SMILES string of the molecule is C=C(C)C(=O)OCCOP(=O)([O-])OCC[N+](CCC)(CCC)CCC.O=P(O)(O)O. The van der Waals surface area contributed by atoms with Crippen LogP contribution in [0.5, 0.6) is 0 Å². The van der Waals surface area contributed by atoms with Gasteiger partial charge in [0.05, 0.1) is 26.2 Å². The molecule has 0 amide bonds. The van der Waals surface area contributed by atoms with Crippen molar-refractivity contribution in [1.29, 1.82) is 0 Å². The summed E-state index contributed by atoms with van der Waals surface area (Å²) in [5.74, 6) is -0.578. The molecule has 30 heavy (non-hydrogen) atoms. The molecular weight excluding hydrogens is 440 g/mol. The van der Waals surface area contributed by atoms with Crippen LogP contribution in [0.1, 0.15) is 47.0 Å². The van der Waals surface area contributed by atoms with E-state index in [1.165, 1.54) is 6.92 Å². The summed E-state index contributed by atoms with van der Waals surface area (Å²) >= 11 is 0. The fraction of sp³-hybridized carbons (Fsp3) is 0.824. The van der Waals surface area contributed by atoms with E-state index in [4.69, 9.17) is 33.0 Å². The van der Waals surface area contributed by atoms with Crippen LogP contribution < -0.4 is 4.89 Å². The van der Waals surface area contributed by atoms with Crippen LogP contribution in [0.25, 0.3) is 0 Å². The molecule has 11 nitrogen and oxygen atoms in total. The van der Waals surface area contributed by atoms with Gasteiger partial charge in [-0.15, -0.1) is 0 Å². The zero-order chi connectivity index (χ0) is 23.8. The Kier molecular flexibility index (Phi) is 16.9. The number of hydrogen-bond acceptors (Lipinski definition) is 7. The van der Waals surface area contributed by atoms with Crippen LogP contribution in [0.4, 0.5) is 0 Å². The average molecular weight is 477 g/mol. The molecule has 0 saturated heterocycles. The van der Waals surface area contributed by atoms with Crippen LogP contribution in [-0.4, -0.2) is 71.1 Å². The molecule has 0 heterocycles. The van der Waals surface area contributed by atoms with E-state index in [0.717, 1.165) is 43.4 Å². The summed E-state index contributed by atoms with van der Waals surface area (Å²) in [4.78, 5) is 44.5. The minimum Gasteiger partial charge on any atom is -0.756 e. The second-order valence-electron chi connectivity index (χ2n) is 6.78. The van der Waals surface area contributed by atoms with E-state index >= 15 is 0 Å². The first kappa shape index (κ1) is 31.6. The Balaban J connectivity index is 0. The van der Waals surface area contributed by atoms with Crippen molar-refractivity contribution in [2.45, 2.75) is 47.0 Å². The molecule has 0 aliphatic carbocycles. The van der Waals surface area contributed by atoms with E-state index in [1.807, 2.05) is 0 Å². The van der Waals surface area contributed by atoms with Crippen molar-refractivity contribution in [3.05, 3.63) is 12.2 Å². The van der Waals surface area contributed by atoms with E-state index in [-0.39, 0.29) is 25.4 Å². The van der Waals surface area contributed by atoms with Crippen LogP contribution in [0.2, 0.25) is 0 Å². The van der Waals surface area contributed by atoms with Crippen molar-refractivity contribution in [3.63, 3.8) is 0 Å². The number of nitrogens with zero attached hydrogens (tertiary/aromatic N) is 1. The molecule has 13 heteroatoms. The number of phosphoric ester groups is 1. The van der Waals surface area contributed by atoms with Gasteiger partial charge in [0.25, 0.3) is 7.82 Å². The Morgan fingerprint density at radius 3 is 1.67 bits per heavy atom. The minimum absolute atomic E-state index is 0.0896. The zero-order valence-corrected chi connectivity index (χ0v) is 20.1. The lowest BCUT2D eigenvalue weighted by atomic mass is 10.2. The Morgan fingerprint density at radius 1 is 0.900 bits per heavy atom. The van der Waals surface area contributed by atoms with E-state index < -0.39 is 21.6 Å². The molecule has 3 N–H and O–H groups in total. The normalized spacial score (nSPS) is 13.7. The van der Waals surface area contributed by atoms with Crippen LogP contribution in [0, 0.1) is 0 Å². The fourth-order valence-electron chi connectivity index (χ4n) is 2.88. The van der Waals surface area contributed by atoms with Crippen LogP contribution in [-0.2, 0) is 27.7 Å². The maximum absolute atomic E-state index is 11.8. The number of hydrogen-bond donors (Lipinski definition) is 3. The van der Waals surface area contributed by atoms with E-state index in [1.54, 1.807) is 0 Å². The van der Waals surface area contributed by atoms with E-state index in [2.05, 4.69) is 27.4 Å². The maximum atomic E-state index is 11.8. The van der Waals surface area contributed by atoms with Gasteiger partial charge in [0.2, 0.25) is 0 Å². The van der Waals surface area contributed by atoms with Gasteiger partial charge in [-0.25, -0.2) is 9.36 Å². The van der Waals surface area contributed by atoms with Crippen molar-refractivity contribution < 1.29 is 51.8 Å². The highest BCUT2D eigenvalue weighted by Gasteiger charge is 2.25. The predicted octanol–water partition coefficient (Wildman–Crippen LogP) is 1.73. The Morgan fingerprint density at radius 2 is 1.30 bits per heavy atom. The molecule has 0 fully saturated rings. The first-order valence-electron chi connectivity index (χ1n) is 9.78. The van der Waals surface area contributed by atoms with Gasteiger partial charge in [-0.2, -0.15) is 0 Å². The molecule has 0 aromatic carbocycles. The number of phosphoric acid groups is 2. The van der Waals surface area contributed by atoms with E-state index in [0.29, 0.717) is 6.54 Å². The van der Waals surface area contributed by atoms with E-state index in [9.17, 15) is 14.3 Å². The molecule has 0 radical (unpaired) electrons. The first-order chi connectivity index (χ1) is 13.7. The van der Waals surface area contributed by atoms with Gasteiger partial charge in [-0.1, -0.05) is 27.4 Å². The lowest BCUT2D eigenvalue weighted by molar-refractivity contribution is -0.928. The van der Waals surface area contributed by atoms with Gasteiger partial charge in [-0.05, 0) is 26.2 Å². The van der Waals surface area contributed by atoms with Gasteiger partial charge in [-0.3, -0.25) is 4.57 Å².